The number of hydrogen-bond donors (Lipinski definition) is 0. The van der Waals surface area contributed by atoms with E-state index in [0.717, 1.165) is 0 Å². The molecule has 0 spiro atoms. The van der Waals surface area contributed by atoms with E-state index in [1.165, 1.54) is 70.2 Å². The molecule has 0 amide bonds. The van der Waals surface area contributed by atoms with Gasteiger partial charge in [0.25, 0.3) is 0 Å². The van der Waals surface area contributed by atoms with Crippen LogP contribution in [0.5, 0.6) is 0 Å². The molecule has 17 heavy (non-hydrogen) atoms. The molecular weight excluding hydrogens is 208 g/mol. The van der Waals surface area contributed by atoms with Crippen molar-refractivity contribution >= 4 is 0 Å². The predicted octanol–water partition coefficient (Wildman–Crippen LogP) is 3.95. The summed E-state index contributed by atoms with van der Waals surface area (Å²) in [6.45, 7) is 7.12. The van der Waals surface area contributed by atoms with Gasteiger partial charge in [-0.15, -0.1) is 0 Å². The zero-order valence-corrected chi connectivity index (χ0v) is 11.6. The van der Waals surface area contributed by atoms with E-state index in [0.29, 0.717) is 6.17 Å². The lowest BCUT2D eigenvalue weighted by atomic mass is 10.1. The second-order valence-electron chi connectivity index (χ2n) is 5.66. The summed E-state index contributed by atoms with van der Waals surface area (Å²) >= 11 is 0. The van der Waals surface area contributed by atoms with Crippen molar-refractivity contribution in [2.24, 2.45) is 0 Å². The van der Waals surface area contributed by atoms with Gasteiger partial charge in [0.1, 0.15) is 0 Å². The molecule has 1 atom stereocenters. The third kappa shape index (κ3) is 3.40. The van der Waals surface area contributed by atoms with Crippen molar-refractivity contribution in [3.63, 3.8) is 0 Å². The van der Waals surface area contributed by atoms with Gasteiger partial charge in [0.2, 0.25) is 0 Å². The minimum atomic E-state index is 0.593. The lowest BCUT2D eigenvalue weighted by Crippen LogP contribution is -2.37. The normalized spacial score (nSPS) is 28.1. The first-order chi connectivity index (χ1) is 8.29. The smallest absolute Gasteiger partial charge is 0.0980 e. The van der Waals surface area contributed by atoms with Crippen LogP contribution in [0.25, 0.3) is 0 Å². The summed E-state index contributed by atoms with van der Waals surface area (Å²) in [6, 6.07) is 0. The van der Waals surface area contributed by atoms with Crippen LogP contribution < -0.4 is 0 Å². The standard InChI is InChI=1S/C15H28N2/c1-14-13-16-11-9-7-5-3-4-6-8-10-12-17(14)15(16)2/h13,15H,3-12H2,1-2H3. The van der Waals surface area contributed by atoms with E-state index in [1.807, 2.05) is 0 Å². The Bertz CT molecular complexity index is 260. The van der Waals surface area contributed by atoms with Gasteiger partial charge in [0.15, 0.2) is 0 Å². The molecule has 2 bridgehead atoms. The van der Waals surface area contributed by atoms with Crippen LogP contribution in [0.15, 0.2) is 11.9 Å². The number of allylic oxidation sites excluding steroid dienone is 1. The maximum absolute atomic E-state index is 2.58. The van der Waals surface area contributed by atoms with Crippen LogP contribution in [-0.2, 0) is 0 Å². The van der Waals surface area contributed by atoms with E-state index in [-0.39, 0.29) is 0 Å². The van der Waals surface area contributed by atoms with E-state index in [9.17, 15) is 0 Å². The van der Waals surface area contributed by atoms with E-state index < -0.39 is 0 Å². The highest BCUT2D eigenvalue weighted by molar-refractivity contribution is 5.06. The lowest BCUT2D eigenvalue weighted by Gasteiger charge is -2.31. The average molecular weight is 236 g/mol. The zero-order chi connectivity index (χ0) is 12.1. The fraction of sp³-hybridized carbons (Fsp3) is 0.867. The van der Waals surface area contributed by atoms with Gasteiger partial charge in [0, 0.05) is 25.0 Å². The van der Waals surface area contributed by atoms with Crippen molar-refractivity contribution in [3.8, 4) is 0 Å². The Labute approximate surface area is 107 Å². The Balaban J connectivity index is 1.92. The van der Waals surface area contributed by atoms with Crippen LogP contribution in [0.4, 0.5) is 0 Å². The van der Waals surface area contributed by atoms with Gasteiger partial charge in [0.05, 0.1) is 6.17 Å². The topological polar surface area (TPSA) is 6.48 Å². The molecule has 2 heterocycles. The Morgan fingerprint density at radius 1 is 0.882 bits per heavy atom. The third-order valence-corrected chi connectivity index (χ3v) is 4.30. The number of hydrogen-bond acceptors (Lipinski definition) is 2. The molecule has 2 rings (SSSR count). The van der Waals surface area contributed by atoms with Crippen LogP contribution in [0, 0.1) is 0 Å². The van der Waals surface area contributed by atoms with E-state index in [4.69, 9.17) is 0 Å². The molecule has 0 aliphatic carbocycles. The van der Waals surface area contributed by atoms with Crippen molar-refractivity contribution in [1.82, 2.24) is 9.80 Å². The van der Waals surface area contributed by atoms with Crippen LogP contribution in [0.1, 0.15) is 65.2 Å². The highest BCUT2D eigenvalue weighted by atomic mass is 15.4. The Hall–Kier alpha value is -0.660. The molecule has 0 saturated carbocycles. The molecule has 1 fully saturated rings. The monoisotopic (exact) mass is 236 g/mol. The number of nitrogens with zero attached hydrogens (tertiary/aromatic N) is 2. The first-order valence-electron chi connectivity index (χ1n) is 7.50. The second-order valence-corrected chi connectivity index (χ2v) is 5.66. The highest BCUT2D eigenvalue weighted by Crippen LogP contribution is 2.24. The van der Waals surface area contributed by atoms with Crippen molar-refractivity contribution in [3.05, 3.63) is 11.9 Å². The van der Waals surface area contributed by atoms with Crippen LogP contribution >= 0.6 is 0 Å². The fourth-order valence-electron chi connectivity index (χ4n) is 3.15. The van der Waals surface area contributed by atoms with Crippen molar-refractivity contribution in [2.75, 3.05) is 13.1 Å². The second kappa shape index (κ2) is 6.32. The lowest BCUT2D eigenvalue weighted by molar-refractivity contribution is 0.158. The molecule has 2 aliphatic heterocycles. The SMILES string of the molecule is CC1=CN2CCCCCCCCCCN1C2C. The molecule has 0 radical (unpaired) electrons. The van der Waals surface area contributed by atoms with Crippen LogP contribution in [0.2, 0.25) is 0 Å². The first-order valence-corrected chi connectivity index (χ1v) is 7.50. The van der Waals surface area contributed by atoms with Crippen molar-refractivity contribution < 1.29 is 0 Å². The molecule has 98 valence electrons. The van der Waals surface area contributed by atoms with Crippen LogP contribution in [-0.4, -0.2) is 29.1 Å². The largest absolute Gasteiger partial charge is 0.356 e. The minimum Gasteiger partial charge on any atom is -0.356 e. The van der Waals surface area contributed by atoms with E-state index >= 15 is 0 Å². The molecular formula is C15H28N2. The van der Waals surface area contributed by atoms with Crippen LogP contribution in [0.3, 0.4) is 0 Å². The number of fused-ring (bicyclic) bond motifs is 2. The summed E-state index contributed by atoms with van der Waals surface area (Å²) in [5, 5.41) is 0. The van der Waals surface area contributed by atoms with Gasteiger partial charge in [-0.2, -0.15) is 0 Å². The third-order valence-electron chi connectivity index (χ3n) is 4.30. The minimum absolute atomic E-state index is 0.593. The van der Waals surface area contributed by atoms with Gasteiger partial charge in [-0.1, -0.05) is 38.5 Å². The maximum atomic E-state index is 2.58. The predicted molar refractivity (Wildman–Crippen MR) is 73.6 cm³/mol. The maximum Gasteiger partial charge on any atom is 0.0980 e. The average Bonchev–Trinajstić information content (AvgIpc) is 2.59. The summed E-state index contributed by atoms with van der Waals surface area (Å²) in [5.41, 5.74) is 1.47. The molecule has 2 nitrogen and oxygen atoms in total. The highest BCUT2D eigenvalue weighted by Gasteiger charge is 2.25. The van der Waals surface area contributed by atoms with Gasteiger partial charge >= 0.3 is 0 Å². The Morgan fingerprint density at radius 3 is 2.06 bits per heavy atom. The molecule has 0 aromatic carbocycles. The Morgan fingerprint density at radius 2 is 1.41 bits per heavy atom. The molecule has 0 aromatic heterocycles. The molecule has 2 aliphatic rings. The quantitative estimate of drug-likeness (QED) is 0.628. The van der Waals surface area contributed by atoms with Gasteiger partial charge in [-0.25, -0.2) is 0 Å². The van der Waals surface area contributed by atoms with Gasteiger partial charge in [-0.05, 0) is 26.7 Å². The molecule has 1 saturated heterocycles. The Kier molecular flexibility index (Phi) is 4.75. The zero-order valence-electron chi connectivity index (χ0n) is 11.6. The van der Waals surface area contributed by atoms with E-state index in [1.54, 1.807) is 0 Å². The first kappa shape index (κ1) is 12.8. The van der Waals surface area contributed by atoms with Crippen molar-refractivity contribution in [2.45, 2.75) is 71.4 Å². The summed E-state index contributed by atoms with van der Waals surface area (Å²) in [4.78, 5) is 5.12. The summed E-state index contributed by atoms with van der Waals surface area (Å²) in [5.74, 6) is 0. The number of rotatable bonds is 0. The summed E-state index contributed by atoms with van der Waals surface area (Å²) in [6.07, 6.45) is 14.3. The summed E-state index contributed by atoms with van der Waals surface area (Å²) < 4.78 is 0. The molecule has 2 heteroatoms. The molecule has 0 aromatic rings. The van der Waals surface area contributed by atoms with Gasteiger partial charge < -0.3 is 9.80 Å². The summed E-state index contributed by atoms with van der Waals surface area (Å²) in [7, 11) is 0. The van der Waals surface area contributed by atoms with E-state index in [2.05, 4.69) is 29.8 Å². The molecule has 0 N–H and O–H groups in total. The van der Waals surface area contributed by atoms with Crippen molar-refractivity contribution in [1.29, 1.82) is 0 Å². The van der Waals surface area contributed by atoms with Gasteiger partial charge in [-0.3, -0.25) is 0 Å². The molecule has 1 unspecified atom stereocenters. The fourth-order valence-corrected chi connectivity index (χ4v) is 3.15.